The van der Waals surface area contributed by atoms with Gasteiger partial charge >= 0.3 is 0 Å². The van der Waals surface area contributed by atoms with Crippen LogP contribution in [-0.2, 0) is 12.0 Å². The Morgan fingerprint density at radius 2 is 1.53 bits per heavy atom. The maximum atomic E-state index is 12.2. The van der Waals surface area contributed by atoms with Crippen molar-refractivity contribution in [1.82, 2.24) is 15.6 Å². The van der Waals surface area contributed by atoms with Gasteiger partial charge in [0.15, 0.2) is 0 Å². The van der Waals surface area contributed by atoms with Crippen LogP contribution in [0.4, 0.5) is 14.6 Å². The van der Waals surface area contributed by atoms with Gasteiger partial charge < -0.3 is 15.5 Å². The lowest BCUT2D eigenvalue weighted by Crippen LogP contribution is -2.31. The highest BCUT2D eigenvalue weighted by atomic mass is 19.1. The summed E-state index contributed by atoms with van der Waals surface area (Å²) in [7, 11) is 0. The molecule has 1 aliphatic rings. The van der Waals surface area contributed by atoms with Crippen molar-refractivity contribution in [2.24, 2.45) is 0 Å². The van der Waals surface area contributed by atoms with Crippen LogP contribution in [0.3, 0.4) is 0 Å². The van der Waals surface area contributed by atoms with Crippen LogP contribution in [0, 0.1) is 18.6 Å². The molecule has 0 aliphatic heterocycles. The van der Waals surface area contributed by atoms with E-state index in [0.29, 0.717) is 5.56 Å². The van der Waals surface area contributed by atoms with Gasteiger partial charge in [0.2, 0.25) is 0 Å². The summed E-state index contributed by atoms with van der Waals surface area (Å²) in [4.78, 5) is 7.03. The van der Waals surface area contributed by atoms with Crippen LogP contribution in [0.2, 0.25) is 0 Å². The molecule has 250 valence electrons. The van der Waals surface area contributed by atoms with Gasteiger partial charge in [0.05, 0.1) is 0 Å². The molecule has 0 atom stereocenters. The normalized spacial score (nSPS) is 12.8. The predicted molar refractivity (Wildman–Crippen MR) is 192 cm³/mol. The topological polar surface area (TPSA) is 40.2 Å². The number of anilines is 1. The van der Waals surface area contributed by atoms with Crippen LogP contribution in [0.15, 0.2) is 66.9 Å². The van der Waals surface area contributed by atoms with Crippen LogP contribution in [0.5, 0.6) is 0 Å². The van der Waals surface area contributed by atoms with E-state index in [1.807, 2.05) is 33.9 Å². The smallest absolute Gasteiger partial charge is 0.129 e. The molecule has 0 radical (unpaired) electrons. The average molecular weight is 623 g/mol. The third-order valence-corrected chi connectivity index (χ3v) is 7.43. The number of hydrogen-bond donors (Lipinski definition) is 2. The summed E-state index contributed by atoms with van der Waals surface area (Å²) in [5, 5.41) is 7.50. The number of nitrogens with zero attached hydrogens (tertiary/aromatic N) is 2. The minimum atomic E-state index is -0.521. The Morgan fingerprint density at radius 1 is 0.889 bits per heavy atom. The molecule has 1 aliphatic carbocycles. The lowest BCUT2D eigenvalue weighted by Gasteiger charge is -2.23. The highest BCUT2D eigenvalue weighted by molar-refractivity contribution is 5.66. The van der Waals surface area contributed by atoms with Gasteiger partial charge in [0.25, 0.3) is 0 Å². The first-order chi connectivity index (χ1) is 21.8. The molecule has 1 aromatic heterocycles. The predicted octanol–water partition coefficient (Wildman–Crippen LogP) is 10.2. The number of halogens is 2. The van der Waals surface area contributed by atoms with E-state index in [-0.39, 0.29) is 5.54 Å². The minimum Gasteiger partial charge on any atom is -0.385 e. The van der Waals surface area contributed by atoms with E-state index in [9.17, 15) is 8.78 Å². The molecule has 1 fully saturated rings. The van der Waals surface area contributed by atoms with Crippen LogP contribution in [-0.4, -0.2) is 31.2 Å². The first kappa shape index (κ1) is 39.8. The lowest BCUT2D eigenvalue weighted by atomic mass is 10.0. The maximum absolute atomic E-state index is 12.2. The first-order valence-corrected chi connectivity index (χ1v) is 17.2. The largest absolute Gasteiger partial charge is 0.385 e. The van der Waals surface area contributed by atoms with Crippen molar-refractivity contribution < 1.29 is 8.78 Å². The maximum Gasteiger partial charge on any atom is 0.129 e. The second kappa shape index (κ2) is 22.3. The zero-order valence-corrected chi connectivity index (χ0v) is 29.6. The molecular formula is C39H60F2N4. The Morgan fingerprint density at radius 3 is 2.07 bits per heavy atom. The Hall–Kier alpha value is -3.25. The molecule has 0 spiro atoms. The number of pyridine rings is 1. The van der Waals surface area contributed by atoms with E-state index in [4.69, 9.17) is 0 Å². The fraction of sp³-hybridized carbons (Fsp3) is 0.513. The molecule has 0 unspecified atom stereocenters. The van der Waals surface area contributed by atoms with E-state index in [0.717, 1.165) is 63.7 Å². The quantitative estimate of drug-likeness (QED) is 0.176. The molecule has 2 aromatic carbocycles. The molecule has 0 bridgehead atoms. The number of aromatic nitrogens is 1. The van der Waals surface area contributed by atoms with E-state index < -0.39 is 11.6 Å². The molecule has 1 heterocycles. The van der Waals surface area contributed by atoms with Crippen molar-refractivity contribution in [1.29, 1.82) is 0 Å². The number of rotatable bonds is 14. The summed E-state index contributed by atoms with van der Waals surface area (Å²) >= 11 is 0. The lowest BCUT2D eigenvalue weighted by molar-refractivity contribution is 0.506. The fourth-order valence-corrected chi connectivity index (χ4v) is 5.12. The minimum absolute atomic E-state index is 0.219. The third kappa shape index (κ3) is 13.7. The Balaban J connectivity index is 0.000000655. The number of aryl methyl sites for hydroxylation is 2. The van der Waals surface area contributed by atoms with Gasteiger partial charge in [-0.15, -0.1) is 0 Å². The summed E-state index contributed by atoms with van der Waals surface area (Å²) in [5.41, 5.74) is 6.13. The Labute approximate surface area is 273 Å². The van der Waals surface area contributed by atoms with E-state index in [1.54, 1.807) is 6.92 Å². The molecular weight excluding hydrogens is 562 g/mol. The van der Waals surface area contributed by atoms with Crippen molar-refractivity contribution in [2.45, 2.75) is 106 Å². The van der Waals surface area contributed by atoms with Gasteiger partial charge in [-0.25, -0.2) is 13.8 Å². The van der Waals surface area contributed by atoms with Gasteiger partial charge in [0.1, 0.15) is 17.5 Å². The zero-order valence-electron chi connectivity index (χ0n) is 29.6. The van der Waals surface area contributed by atoms with E-state index in [2.05, 4.69) is 90.7 Å². The Bertz CT molecular complexity index is 1200. The molecule has 1 saturated carbocycles. The van der Waals surface area contributed by atoms with Gasteiger partial charge in [0, 0.05) is 48.7 Å². The molecule has 2 N–H and O–H groups in total. The summed E-state index contributed by atoms with van der Waals surface area (Å²) < 4.78 is 24.4. The number of allylic oxidation sites excluding steroid dienone is 1. The van der Waals surface area contributed by atoms with Crippen LogP contribution < -0.4 is 15.5 Å². The van der Waals surface area contributed by atoms with Crippen molar-refractivity contribution >= 4 is 11.5 Å². The molecule has 45 heavy (non-hydrogen) atoms. The summed E-state index contributed by atoms with van der Waals surface area (Å²) in [5.74, 6) is 0.0407. The van der Waals surface area contributed by atoms with Crippen molar-refractivity contribution in [2.75, 3.05) is 31.1 Å². The zero-order chi connectivity index (χ0) is 33.7. The highest BCUT2D eigenvalue weighted by Gasteiger charge is 2.43. The number of nitrogens with one attached hydrogen (secondary N) is 2. The number of benzene rings is 2. The fourth-order valence-electron chi connectivity index (χ4n) is 5.12. The summed E-state index contributed by atoms with van der Waals surface area (Å²) in [6.45, 7) is 22.5. The molecule has 0 saturated heterocycles. The Kier molecular flexibility index (Phi) is 19.7. The van der Waals surface area contributed by atoms with Gasteiger partial charge in [-0.1, -0.05) is 78.8 Å². The SMILES string of the molecule is C/C=C(/NCCCNC1(c2cccc(CC)c2)CC1)c1ccnc(N(CCC)CCC)c1.CC.CC.Cc1cc(F)cc(F)c1. The van der Waals surface area contributed by atoms with Gasteiger partial charge in [-0.05, 0) is 99.9 Å². The van der Waals surface area contributed by atoms with E-state index in [1.165, 1.54) is 47.4 Å². The van der Waals surface area contributed by atoms with Crippen LogP contribution in [0.1, 0.15) is 110 Å². The number of hydrogen-bond acceptors (Lipinski definition) is 4. The molecule has 6 heteroatoms. The van der Waals surface area contributed by atoms with Gasteiger partial charge in [-0.2, -0.15) is 0 Å². The van der Waals surface area contributed by atoms with Crippen molar-refractivity contribution in [3.8, 4) is 0 Å². The van der Waals surface area contributed by atoms with Crippen molar-refractivity contribution in [3.63, 3.8) is 0 Å². The van der Waals surface area contributed by atoms with Crippen molar-refractivity contribution in [3.05, 3.63) is 101 Å². The third-order valence-electron chi connectivity index (χ3n) is 7.43. The molecule has 3 aromatic rings. The first-order valence-electron chi connectivity index (χ1n) is 17.2. The molecule has 4 nitrogen and oxygen atoms in total. The monoisotopic (exact) mass is 622 g/mol. The van der Waals surface area contributed by atoms with Crippen LogP contribution in [0.25, 0.3) is 5.70 Å². The average Bonchev–Trinajstić information content (AvgIpc) is 3.85. The standard InChI is InChI=1S/C28H42N4.C7H6F2.2C2H6/c1-5-19-32(20-6-2)27-22-24(13-18-30-27)26(8-4)29-16-10-17-31-28(14-15-28)25-12-9-11-23(7-3)21-25;1-5-2-6(8)4-7(9)3-5;2*1-2/h8-9,11-13,18,21-22,29,31H,5-7,10,14-17,19-20H2,1-4H3;2-4H,1H3;2*1-2H3/b26-8+;;;. The van der Waals surface area contributed by atoms with Crippen LogP contribution >= 0.6 is 0 Å². The van der Waals surface area contributed by atoms with Gasteiger partial charge in [-0.3, -0.25) is 0 Å². The summed E-state index contributed by atoms with van der Waals surface area (Å²) in [6.07, 6.45) is 11.1. The molecule has 4 rings (SSSR count). The highest BCUT2D eigenvalue weighted by Crippen LogP contribution is 2.45. The summed E-state index contributed by atoms with van der Waals surface area (Å²) in [6, 6.07) is 16.9. The molecule has 0 amide bonds. The second-order valence-corrected chi connectivity index (χ2v) is 10.9. The second-order valence-electron chi connectivity index (χ2n) is 10.9. The van der Waals surface area contributed by atoms with E-state index >= 15 is 0 Å².